The van der Waals surface area contributed by atoms with Crippen LogP contribution in [0.5, 0.6) is 5.75 Å². The molecule has 2 fully saturated rings. The summed E-state index contributed by atoms with van der Waals surface area (Å²) in [6, 6.07) is 8.19. The van der Waals surface area contributed by atoms with Crippen molar-refractivity contribution in [1.29, 1.82) is 0 Å². The van der Waals surface area contributed by atoms with Gasteiger partial charge in [-0.2, -0.15) is 0 Å². The molecule has 1 amide bonds. The molecule has 0 saturated carbocycles. The average molecular weight is 515 g/mol. The molecule has 0 aliphatic carbocycles. The van der Waals surface area contributed by atoms with Crippen molar-refractivity contribution in [3.05, 3.63) is 24.3 Å². The van der Waals surface area contributed by atoms with Gasteiger partial charge in [-0.05, 0) is 38.3 Å². The Morgan fingerprint density at radius 3 is 2.45 bits per heavy atom. The number of guanidine groups is 1. The number of anilines is 1. The van der Waals surface area contributed by atoms with Gasteiger partial charge in [0.2, 0.25) is 5.91 Å². The molecular weight excluding hydrogens is 481 g/mol. The van der Waals surface area contributed by atoms with Crippen LogP contribution >= 0.6 is 24.0 Å². The standard InChI is InChI=1S/C21H33N5O2.HI/c1-3-22-21(23-17-20(27)25-10-5-4-6-11-25)26-14-12-24(13-15-26)18-8-7-9-19(16-18)28-2;/h7-9,16H,3-6,10-15,17H2,1-2H3,(H,22,23);1H. The largest absolute Gasteiger partial charge is 0.497 e. The summed E-state index contributed by atoms with van der Waals surface area (Å²) in [7, 11) is 1.70. The summed E-state index contributed by atoms with van der Waals surface area (Å²) >= 11 is 0. The van der Waals surface area contributed by atoms with E-state index in [1.54, 1.807) is 7.11 Å². The number of rotatable bonds is 5. The number of likely N-dealkylation sites (tertiary alicyclic amines) is 1. The van der Waals surface area contributed by atoms with Crippen molar-refractivity contribution in [2.75, 3.05) is 64.4 Å². The Morgan fingerprint density at radius 1 is 1.07 bits per heavy atom. The van der Waals surface area contributed by atoms with E-state index in [4.69, 9.17) is 4.74 Å². The van der Waals surface area contributed by atoms with Crippen molar-refractivity contribution in [3.63, 3.8) is 0 Å². The number of benzene rings is 1. The number of piperazine rings is 1. The first-order valence-corrected chi connectivity index (χ1v) is 10.4. The van der Waals surface area contributed by atoms with Crippen molar-refractivity contribution >= 4 is 41.5 Å². The topological polar surface area (TPSA) is 60.4 Å². The van der Waals surface area contributed by atoms with Crippen molar-refractivity contribution in [1.82, 2.24) is 15.1 Å². The number of amides is 1. The first-order valence-electron chi connectivity index (χ1n) is 10.4. The lowest BCUT2D eigenvalue weighted by atomic mass is 10.1. The molecule has 2 heterocycles. The van der Waals surface area contributed by atoms with Gasteiger partial charge in [0, 0.05) is 57.6 Å². The normalized spacial score (nSPS) is 17.6. The number of hydrogen-bond acceptors (Lipinski definition) is 4. The number of methoxy groups -OCH3 is 1. The first-order chi connectivity index (χ1) is 13.7. The number of carbonyl (C=O) groups excluding carboxylic acids is 1. The van der Waals surface area contributed by atoms with Crippen LogP contribution in [0, 0.1) is 0 Å². The molecule has 0 atom stereocenters. The Balaban J connectivity index is 0.00000300. The molecule has 8 heteroatoms. The van der Waals surface area contributed by atoms with Crippen molar-refractivity contribution in [2.24, 2.45) is 4.99 Å². The van der Waals surface area contributed by atoms with Gasteiger partial charge in [0.1, 0.15) is 12.3 Å². The molecule has 2 aliphatic heterocycles. The molecule has 3 rings (SSSR count). The quantitative estimate of drug-likeness (QED) is 0.371. The summed E-state index contributed by atoms with van der Waals surface area (Å²) in [5.41, 5.74) is 1.18. The van der Waals surface area contributed by atoms with Gasteiger partial charge in [-0.25, -0.2) is 4.99 Å². The fourth-order valence-corrected chi connectivity index (χ4v) is 3.80. The van der Waals surface area contributed by atoms with Crippen LogP contribution in [-0.2, 0) is 4.79 Å². The average Bonchev–Trinajstić information content (AvgIpc) is 2.77. The third-order valence-electron chi connectivity index (χ3n) is 5.41. The highest BCUT2D eigenvalue weighted by atomic mass is 127. The minimum absolute atomic E-state index is 0. The second-order valence-electron chi connectivity index (χ2n) is 7.29. The third kappa shape index (κ3) is 6.65. The lowest BCUT2D eigenvalue weighted by molar-refractivity contribution is -0.130. The molecule has 0 spiro atoms. The summed E-state index contributed by atoms with van der Waals surface area (Å²) in [5.74, 6) is 1.87. The number of hydrogen-bond donors (Lipinski definition) is 1. The number of nitrogens with one attached hydrogen (secondary N) is 1. The Hall–Kier alpha value is -1.71. The van der Waals surface area contributed by atoms with Gasteiger partial charge in [-0.15, -0.1) is 24.0 Å². The molecule has 29 heavy (non-hydrogen) atoms. The summed E-state index contributed by atoms with van der Waals surface area (Å²) in [6.45, 7) is 8.44. The number of nitrogens with zero attached hydrogens (tertiary/aromatic N) is 4. The highest BCUT2D eigenvalue weighted by Gasteiger charge is 2.21. The predicted molar refractivity (Wildman–Crippen MR) is 129 cm³/mol. The highest BCUT2D eigenvalue weighted by molar-refractivity contribution is 14.0. The Bertz CT molecular complexity index is 671. The number of ether oxygens (including phenoxy) is 1. The molecule has 0 radical (unpaired) electrons. The molecule has 162 valence electrons. The Kier molecular flexibility index (Phi) is 9.83. The lowest BCUT2D eigenvalue weighted by Gasteiger charge is -2.37. The summed E-state index contributed by atoms with van der Waals surface area (Å²) in [6.07, 6.45) is 3.46. The fourth-order valence-electron chi connectivity index (χ4n) is 3.80. The Labute approximate surface area is 191 Å². The summed E-state index contributed by atoms with van der Waals surface area (Å²) < 4.78 is 5.34. The monoisotopic (exact) mass is 515 g/mol. The zero-order chi connectivity index (χ0) is 19.8. The number of aliphatic imine (C=N–C) groups is 1. The van der Waals surface area contributed by atoms with Crippen LogP contribution in [0.1, 0.15) is 26.2 Å². The molecule has 2 aliphatic rings. The van der Waals surface area contributed by atoms with Gasteiger partial charge in [-0.1, -0.05) is 6.07 Å². The van der Waals surface area contributed by atoms with E-state index in [0.29, 0.717) is 0 Å². The second-order valence-corrected chi connectivity index (χ2v) is 7.29. The van der Waals surface area contributed by atoms with E-state index in [2.05, 4.69) is 39.2 Å². The molecule has 2 saturated heterocycles. The maximum absolute atomic E-state index is 12.4. The maximum Gasteiger partial charge on any atom is 0.244 e. The minimum atomic E-state index is 0. The number of carbonyl (C=O) groups is 1. The third-order valence-corrected chi connectivity index (χ3v) is 5.41. The molecule has 0 aromatic heterocycles. The van der Waals surface area contributed by atoms with E-state index < -0.39 is 0 Å². The van der Waals surface area contributed by atoms with E-state index in [0.717, 1.165) is 70.4 Å². The minimum Gasteiger partial charge on any atom is -0.497 e. The Morgan fingerprint density at radius 2 is 1.79 bits per heavy atom. The van der Waals surface area contributed by atoms with Gasteiger partial charge < -0.3 is 24.8 Å². The van der Waals surface area contributed by atoms with Gasteiger partial charge in [-0.3, -0.25) is 4.79 Å². The fraction of sp³-hybridized carbons (Fsp3) is 0.619. The SMILES string of the molecule is CCNC(=NCC(=O)N1CCCCC1)N1CCN(c2cccc(OC)c2)CC1.I. The molecule has 0 unspecified atom stereocenters. The molecule has 0 bridgehead atoms. The van der Waals surface area contributed by atoms with Gasteiger partial charge in [0.15, 0.2) is 5.96 Å². The number of halogens is 1. The zero-order valence-corrected chi connectivity index (χ0v) is 19.9. The van der Waals surface area contributed by atoms with Gasteiger partial charge in [0.05, 0.1) is 7.11 Å². The number of piperidine rings is 1. The van der Waals surface area contributed by atoms with Crippen LogP contribution in [0.15, 0.2) is 29.3 Å². The van der Waals surface area contributed by atoms with Crippen molar-refractivity contribution in [2.45, 2.75) is 26.2 Å². The van der Waals surface area contributed by atoms with E-state index in [-0.39, 0.29) is 36.4 Å². The van der Waals surface area contributed by atoms with Crippen molar-refractivity contribution in [3.8, 4) is 5.75 Å². The van der Waals surface area contributed by atoms with Crippen LogP contribution < -0.4 is 15.0 Å². The van der Waals surface area contributed by atoms with E-state index >= 15 is 0 Å². The highest BCUT2D eigenvalue weighted by Crippen LogP contribution is 2.22. The smallest absolute Gasteiger partial charge is 0.244 e. The second kappa shape index (κ2) is 12.1. The zero-order valence-electron chi connectivity index (χ0n) is 17.6. The van der Waals surface area contributed by atoms with Crippen LogP contribution in [0.25, 0.3) is 0 Å². The van der Waals surface area contributed by atoms with Gasteiger partial charge in [0.25, 0.3) is 0 Å². The first kappa shape index (κ1) is 23.6. The lowest BCUT2D eigenvalue weighted by Crippen LogP contribution is -2.52. The predicted octanol–water partition coefficient (Wildman–Crippen LogP) is 2.41. The molecule has 1 N–H and O–H groups in total. The van der Waals surface area contributed by atoms with E-state index in [1.165, 1.54) is 12.1 Å². The van der Waals surface area contributed by atoms with Gasteiger partial charge >= 0.3 is 0 Å². The molecule has 1 aromatic rings. The van der Waals surface area contributed by atoms with E-state index in [1.807, 2.05) is 17.0 Å². The summed E-state index contributed by atoms with van der Waals surface area (Å²) in [5, 5.41) is 3.35. The molecular formula is C21H34IN5O2. The van der Waals surface area contributed by atoms with Crippen LogP contribution in [0.3, 0.4) is 0 Å². The molecule has 1 aromatic carbocycles. The maximum atomic E-state index is 12.4. The van der Waals surface area contributed by atoms with Crippen LogP contribution in [0.4, 0.5) is 5.69 Å². The molecule has 7 nitrogen and oxygen atoms in total. The van der Waals surface area contributed by atoms with Crippen molar-refractivity contribution < 1.29 is 9.53 Å². The van der Waals surface area contributed by atoms with E-state index in [9.17, 15) is 4.79 Å². The summed E-state index contributed by atoms with van der Waals surface area (Å²) in [4.78, 5) is 23.7. The van der Waals surface area contributed by atoms with Crippen LogP contribution in [0.2, 0.25) is 0 Å². The van der Waals surface area contributed by atoms with Crippen LogP contribution in [-0.4, -0.2) is 81.1 Å².